The summed E-state index contributed by atoms with van der Waals surface area (Å²) in [7, 11) is 0. The van der Waals surface area contributed by atoms with Crippen LogP contribution in [0.15, 0.2) is 0 Å². The molecule has 0 nitrogen and oxygen atoms in total. The van der Waals surface area contributed by atoms with Gasteiger partial charge in [0.2, 0.25) is 0 Å². The molecule has 0 aliphatic heterocycles. The Morgan fingerprint density at radius 3 is 1.20 bits per heavy atom. The second-order valence-corrected chi connectivity index (χ2v) is 0. The molecule has 0 N–H and O–H groups in total. The SMILES string of the molecule is [H-].[H-].[H-].[H-].[Li+].[Mg+2].[Na+].[SnH2].[Zn]. The molecule has 0 aliphatic carbocycles. The first-order valence-electron chi connectivity index (χ1n) is 0. The Morgan fingerprint density at radius 2 is 1.20 bits per heavy atom. The predicted octanol–water partition coefficient (Wildman–Crippen LogP) is -6.84. The molecular formula is H6LiMgNaSnZn. The van der Waals surface area contributed by atoms with Gasteiger partial charge in [-0.25, -0.2) is 0 Å². The van der Waals surface area contributed by atoms with Gasteiger partial charge in [0.15, 0.2) is 0 Å². The van der Waals surface area contributed by atoms with E-state index in [9.17, 15) is 0 Å². The quantitative estimate of drug-likeness (QED) is 0.372. The Bertz CT molecular complexity index is 20.5. The van der Waals surface area contributed by atoms with Crippen molar-refractivity contribution in [3.8, 4) is 0 Å². The summed E-state index contributed by atoms with van der Waals surface area (Å²) in [6, 6.07) is 0. The third-order valence-electron chi connectivity index (χ3n) is 0. The maximum absolute atomic E-state index is 0. The molecular weight excluding hydrogens is 238 g/mol. The summed E-state index contributed by atoms with van der Waals surface area (Å²) in [5, 5.41) is 0. The van der Waals surface area contributed by atoms with Crippen LogP contribution in [0.5, 0.6) is 0 Å². The summed E-state index contributed by atoms with van der Waals surface area (Å²) >= 11 is 0. The van der Waals surface area contributed by atoms with E-state index in [1.54, 1.807) is 0 Å². The molecule has 0 aromatic carbocycles. The van der Waals surface area contributed by atoms with Crippen LogP contribution in [0, 0.1) is 0 Å². The summed E-state index contributed by atoms with van der Waals surface area (Å²) in [6.07, 6.45) is 0. The maximum atomic E-state index is 0. The fourth-order valence-electron chi connectivity index (χ4n) is 0. The van der Waals surface area contributed by atoms with Crippen molar-refractivity contribution >= 4 is 47.0 Å². The van der Waals surface area contributed by atoms with Gasteiger partial charge in [-0.05, 0) is 0 Å². The minimum atomic E-state index is 0. The Hall–Kier alpha value is 3.79. The molecule has 0 aliphatic rings. The molecule has 0 fully saturated rings. The molecule has 0 unspecified atom stereocenters. The standard InChI is InChI=1S/Li.Mg.Na.Sn.Zn.6H/q+1;+2;+1;;;;;4*-1. The van der Waals surface area contributed by atoms with Crippen LogP contribution in [0.1, 0.15) is 5.71 Å². The van der Waals surface area contributed by atoms with Gasteiger partial charge in [-0.1, -0.05) is 0 Å². The summed E-state index contributed by atoms with van der Waals surface area (Å²) in [5.74, 6) is 0. The number of hydrogen-bond donors (Lipinski definition) is 0. The van der Waals surface area contributed by atoms with E-state index in [2.05, 4.69) is 0 Å². The van der Waals surface area contributed by atoms with Gasteiger partial charge in [0.05, 0.1) is 0 Å². The number of hydrogen-bond acceptors (Lipinski definition) is 0. The molecule has 0 spiro atoms. The topological polar surface area (TPSA) is 0 Å². The molecule has 0 bridgehead atoms. The van der Waals surface area contributed by atoms with Crippen LogP contribution < -0.4 is 48.4 Å². The van der Waals surface area contributed by atoms with Gasteiger partial charge < -0.3 is 5.71 Å². The molecule has 0 saturated carbocycles. The zero-order valence-corrected chi connectivity index (χ0v) is 14.5. The third-order valence-corrected chi connectivity index (χ3v) is 0. The van der Waals surface area contributed by atoms with E-state index in [4.69, 9.17) is 0 Å². The molecule has 0 aromatic heterocycles. The summed E-state index contributed by atoms with van der Waals surface area (Å²) < 4.78 is 0. The predicted molar refractivity (Wildman–Crippen MR) is 18.7 cm³/mol. The smallest absolute Gasteiger partial charge is 0 e. The van der Waals surface area contributed by atoms with E-state index in [0.717, 1.165) is 0 Å². The monoisotopic (exact) mass is 244 g/mol. The zero-order valence-electron chi connectivity index (χ0n) is 8.12. The minimum Gasteiger partial charge on any atom is 0 e. The van der Waals surface area contributed by atoms with Crippen LogP contribution in [-0.4, -0.2) is 47.0 Å². The van der Waals surface area contributed by atoms with Gasteiger partial charge in [-0.3, -0.25) is 0 Å². The van der Waals surface area contributed by atoms with Crippen molar-refractivity contribution in [2.75, 3.05) is 0 Å². The van der Waals surface area contributed by atoms with Gasteiger partial charge >= 0.3 is 95.4 Å². The van der Waals surface area contributed by atoms with Gasteiger partial charge in [-0.15, -0.1) is 0 Å². The van der Waals surface area contributed by atoms with E-state index >= 15 is 0 Å². The third kappa shape index (κ3) is 18.2. The van der Waals surface area contributed by atoms with E-state index in [0.29, 0.717) is 0 Å². The van der Waals surface area contributed by atoms with Gasteiger partial charge in [-0.2, -0.15) is 0 Å². The maximum Gasteiger partial charge on any atom is 0 e. The average Bonchev–Trinajstić information content (AvgIpc) is 0. The summed E-state index contributed by atoms with van der Waals surface area (Å²) in [5.41, 5.74) is 0. The van der Waals surface area contributed by atoms with E-state index in [1.807, 2.05) is 0 Å². The summed E-state index contributed by atoms with van der Waals surface area (Å²) in [6.45, 7) is 0. The van der Waals surface area contributed by atoms with Crippen LogP contribution in [0.4, 0.5) is 0 Å². The molecule has 0 amide bonds. The van der Waals surface area contributed by atoms with Gasteiger partial charge in [0.25, 0.3) is 0 Å². The molecule has 0 rings (SSSR count). The molecule has 16 valence electrons. The molecule has 0 atom stereocenters. The van der Waals surface area contributed by atoms with E-state index < -0.39 is 0 Å². The Kier molecular flexibility index (Phi) is 186. The molecule has 2 radical (unpaired) electrons. The van der Waals surface area contributed by atoms with E-state index in [1.165, 1.54) is 0 Å². The molecule has 0 saturated heterocycles. The van der Waals surface area contributed by atoms with Crippen LogP contribution in [-0.2, 0) is 19.5 Å². The first-order valence-corrected chi connectivity index (χ1v) is 0. The second-order valence-electron chi connectivity index (χ2n) is 0. The molecule has 0 heterocycles. The molecule has 5 heteroatoms. The van der Waals surface area contributed by atoms with Crippen molar-refractivity contribution in [1.82, 2.24) is 0 Å². The summed E-state index contributed by atoms with van der Waals surface area (Å²) in [4.78, 5) is 0. The fraction of sp³-hybridized carbons (Fsp3) is 0. The van der Waals surface area contributed by atoms with Crippen LogP contribution in [0.2, 0.25) is 0 Å². The largest absolute Gasteiger partial charge is 0 e. The van der Waals surface area contributed by atoms with Crippen molar-refractivity contribution in [3.05, 3.63) is 0 Å². The first-order chi connectivity index (χ1) is 0. The van der Waals surface area contributed by atoms with Crippen LogP contribution in [0.3, 0.4) is 0 Å². The van der Waals surface area contributed by atoms with Crippen molar-refractivity contribution in [1.29, 1.82) is 0 Å². The second kappa shape index (κ2) is 25.0. The van der Waals surface area contributed by atoms with Crippen LogP contribution in [0.25, 0.3) is 0 Å². The van der Waals surface area contributed by atoms with Crippen molar-refractivity contribution < 1.29 is 73.6 Å². The Labute approximate surface area is 118 Å². The van der Waals surface area contributed by atoms with Crippen molar-refractivity contribution in [3.63, 3.8) is 0 Å². The van der Waals surface area contributed by atoms with Crippen LogP contribution >= 0.6 is 0 Å². The van der Waals surface area contributed by atoms with E-state index in [-0.39, 0.29) is 121 Å². The van der Waals surface area contributed by atoms with Gasteiger partial charge in [0.1, 0.15) is 0 Å². The Morgan fingerprint density at radius 1 is 1.20 bits per heavy atom. The number of rotatable bonds is 0. The van der Waals surface area contributed by atoms with Crippen molar-refractivity contribution in [2.24, 2.45) is 0 Å². The Balaban J connectivity index is 0. The molecule has 0 aromatic rings. The van der Waals surface area contributed by atoms with Gasteiger partial charge in [0, 0.05) is 19.5 Å². The fourth-order valence-corrected chi connectivity index (χ4v) is 0. The average molecular weight is 244 g/mol. The normalized spacial score (nSPS) is 0. The zero-order chi connectivity index (χ0) is 0. The minimum absolute atomic E-state index is 0. The first kappa shape index (κ1) is 37.2. The molecule has 5 heavy (non-hydrogen) atoms. The van der Waals surface area contributed by atoms with Crippen molar-refractivity contribution in [2.45, 2.75) is 0 Å².